The molecule has 110 valence electrons. The topological polar surface area (TPSA) is 12.0 Å². The van der Waals surface area contributed by atoms with Crippen molar-refractivity contribution in [1.29, 1.82) is 0 Å². The lowest BCUT2D eigenvalue weighted by molar-refractivity contribution is 0.330. The zero-order chi connectivity index (χ0) is 13.8. The van der Waals surface area contributed by atoms with E-state index in [1.54, 1.807) is 5.56 Å². The molecule has 2 aliphatic rings. The molecule has 1 unspecified atom stereocenters. The Balaban J connectivity index is 1.73. The SMILES string of the molecule is CCCNC(CC1CCCC1)C1(c2ccccc2)CC1. The third kappa shape index (κ3) is 2.93. The van der Waals surface area contributed by atoms with Crippen molar-refractivity contribution in [3.8, 4) is 0 Å². The molecule has 0 bridgehead atoms. The van der Waals surface area contributed by atoms with Crippen molar-refractivity contribution in [3.05, 3.63) is 35.9 Å². The van der Waals surface area contributed by atoms with Gasteiger partial charge in [-0.3, -0.25) is 0 Å². The molecular formula is C19H29N. The van der Waals surface area contributed by atoms with Gasteiger partial charge in [-0.1, -0.05) is 62.9 Å². The number of rotatable bonds is 7. The van der Waals surface area contributed by atoms with E-state index >= 15 is 0 Å². The van der Waals surface area contributed by atoms with Crippen LogP contribution in [-0.4, -0.2) is 12.6 Å². The fraction of sp³-hybridized carbons (Fsp3) is 0.684. The minimum absolute atomic E-state index is 0.457. The molecule has 0 aliphatic heterocycles. The number of nitrogens with one attached hydrogen (secondary N) is 1. The molecule has 1 aromatic carbocycles. The van der Waals surface area contributed by atoms with Crippen LogP contribution in [0.2, 0.25) is 0 Å². The lowest BCUT2D eigenvalue weighted by Gasteiger charge is -2.31. The molecule has 0 saturated heterocycles. The van der Waals surface area contributed by atoms with Crippen LogP contribution in [0.1, 0.15) is 63.9 Å². The second-order valence-electron chi connectivity index (χ2n) is 6.92. The third-order valence-electron chi connectivity index (χ3n) is 5.49. The van der Waals surface area contributed by atoms with Gasteiger partial charge in [0, 0.05) is 11.5 Å². The minimum atomic E-state index is 0.457. The molecule has 2 saturated carbocycles. The number of hydrogen-bond donors (Lipinski definition) is 1. The molecule has 1 atom stereocenters. The maximum absolute atomic E-state index is 3.90. The summed E-state index contributed by atoms with van der Waals surface area (Å²) in [4.78, 5) is 0. The number of hydrogen-bond acceptors (Lipinski definition) is 1. The molecule has 0 spiro atoms. The van der Waals surface area contributed by atoms with E-state index in [1.165, 1.54) is 57.9 Å². The summed E-state index contributed by atoms with van der Waals surface area (Å²) >= 11 is 0. The highest BCUT2D eigenvalue weighted by atomic mass is 14.9. The highest BCUT2D eigenvalue weighted by molar-refractivity contribution is 5.34. The van der Waals surface area contributed by atoms with E-state index in [1.807, 2.05) is 0 Å². The van der Waals surface area contributed by atoms with E-state index in [-0.39, 0.29) is 0 Å². The van der Waals surface area contributed by atoms with Crippen molar-refractivity contribution in [1.82, 2.24) is 5.32 Å². The Kier molecular flexibility index (Phi) is 4.45. The molecular weight excluding hydrogens is 242 g/mol. The predicted octanol–water partition coefficient (Wildman–Crippen LogP) is 4.67. The predicted molar refractivity (Wildman–Crippen MR) is 86.0 cm³/mol. The van der Waals surface area contributed by atoms with Crippen molar-refractivity contribution in [2.24, 2.45) is 5.92 Å². The largest absolute Gasteiger partial charge is 0.313 e. The maximum Gasteiger partial charge on any atom is 0.0167 e. The first-order chi connectivity index (χ1) is 9.85. The maximum atomic E-state index is 3.90. The lowest BCUT2D eigenvalue weighted by Crippen LogP contribution is -2.41. The van der Waals surface area contributed by atoms with Crippen LogP contribution < -0.4 is 5.32 Å². The Hall–Kier alpha value is -0.820. The van der Waals surface area contributed by atoms with Crippen LogP contribution in [0.5, 0.6) is 0 Å². The van der Waals surface area contributed by atoms with Crippen LogP contribution >= 0.6 is 0 Å². The molecule has 2 fully saturated rings. The van der Waals surface area contributed by atoms with E-state index < -0.39 is 0 Å². The molecule has 1 aromatic rings. The highest BCUT2D eigenvalue weighted by Gasteiger charge is 2.50. The molecule has 0 amide bonds. The summed E-state index contributed by atoms with van der Waals surface area (Å²) in [6.45, 7) is 3.45. The Bertz CT molecular complexity index is 401. The van der Waals surface area contributed by atoms with Crippen molar-refractivity contribution in [2.45, 2.75) is 69.7 Å². The molecule has 2 aliphatic carbocycles. The normalized spacial score (nSPS) is 22.9. The average molecular weight is 271 g/mol. The van der Waals surface area contributed by atoms with Crippen LogP contribution in [-0.2, 0) is 5.41 Å². The second kappa shape index (κ2) is 6.30. The summed E-state index contributed by atoms with van der Waals surface area (Å²) < 4.78 is 0. The Morgan fingerprint density at radius 1 is 1.15 bits per heavy atom. The van der Waals surface area contributed by atoms with Crippen LogP contribution in [0.3, 0.4) is 0 Å². The number of benzene rings is 1. The van der Waals surface area contributed by atoms with Crippen molar-refractivity contribution in [2.75, 3.05) is 6.54 Å². The zero-order valence-corrected chi connectivity index (χ0v) is 12.9. The minimum Gasteiger partial charge on any atom is -0.313 e. The van der Waals surface area contributed by atoms with Gasteiger partial charge in [-0.15, -0.1) is 0 Å². The second-order valence-corrected chi connectivity index (χ2v) is 6.92. The summed E-state index contributed by atoms with van der Waals surface area (Å²) in [5.74, 6) is 0.977. The molecule has 1 heteroatoms. The summed E-state index contributed by atoms with van der Waals surface area (Å²) in [5.41, 5.74) is 2.03. The molecule has 0 aromatic heterocycles. The van der Waals surface area contributed by atoms with Gasteiger partial charge in [0.25, 0.3) is 0 Å². The Labute approximate surface area is 124 Å². The monoisotopic (exact) mass is 271 g/mol. The molecule has 0 radical (unpaired) electrons. The summed E-state index contributed by atoms with van der Waals surface area (Å²) in [7, 11) is 0. The Morgan fingerprint density at radius 2 is 1.85 bits per heavy atom. The van der Waals surface area contributed by atoms with Gasteiger partial charge in [-0.25, -0.2) is 0 Å². The van der Waals surface area contributed by atoms with Crippen molar-refractivity contribution < 1.29 is 0 Å². The van der Waals surface area contributed by atoms with Gasteiger partial charge < -0.3 is 5.32 Å². The van der Waals surface area contributed by atoms with Gasteiger partial charge in [-0.2, -0.15) is 0 Å². The summed E-state index contributed by atoms with van der Waals surface area (Å²) in [6, 6.07) is 12.0. The fourth-order valence-electron chi connectivity index (χ4n) is 4.15. The van der Waals surface area contributed by atoms with Crippen LogP contribution in [0, 0.1) is 5.92 Å². The van der Waals surface area contributed by atoms with E-state index in [0.29, 0.717) is 11.5 Å². The lowest BCUT2D eigenvalue weighted by atomic mass is 9.82. The quantitative estimate of drug-likeness (QED) is 0.760. The van der Waals surface area contributed by atoms with Gasteiger partial charge in [0.05, 0.1) is 0 Å². The third-order valence-corrected chi connectivity index (χ3v) is 5.49. The first kappa shape index (κ1) is 14.1. The van der Waals surface area contributed by atoms with Gasteiger partial charge in [0.2, 0.25) is 0 Å². The summed E-state index contributed by atoms with van der Waals surface area (Å²) in [6.07, 6.45) is 11.3. The van der Waals surface area contributed by atoms with E-state index in [2.05, 4.69) is 42.6 Å². The Morgan fingerprint density at radius 3 is 2.45 bits per heavy atom. The van der Waals surface area contributed by atoms with Crippen molar-refractivity contribution >= 4 is 0 Å². The van der Waals surface area contributed by atoms with E-state index in [9.17, 15) is 0 Å². The van der Waals surface area contributed by atoms with Crippen LogP contribution in [0.25, 0.3) is 0 Å². The van der Waals surface area contributed by atoms with Crippen LogP contribution in [0.15, 0.2) is 30.3 Å². The fourth-order valence-corrected chi connectivity index (χ4v) is 4.15. The van der Waals surface area contributed by atoms with Gasteiger partial charge in [0.1, 0.15) is 0 Å². The highest BCUT2D eigenvalue weighted by Crippen LogP contribution is 2.53. The van der Waals surface area contributed by atoms with Crippen molar-refractivity contribution in [3.63, 3.8) is 0 Å². The zero-order valence-electron chi connectivity index (χ0n) is 12.9. The molecule has 20 heavy (non-hydrogen) atoms. The molecule has 0 heterocycles. The molecule has 3 rings (SSSR count). The van der Waals surface area contributed by atoms with Gasteiger partial charge >= 0.3 is 0 Å². The van der Waals surface area contributed by atoms with Gasteiger partial charge in [0.15, 0.2) is 0 Å². The summed E-state index contributed by atoms with van der Waals surface area (Å²) in [5, 5.41) is 3.90. The van der Waals surface area contributed by atoms with Crippen LogP contribution in [0.4, 0.5) is 0 Å². The standard InChI is InChI=1S/C19H29N/c1-2-14-20-18(15-16-8-6-7-9-16)19(12-13-19)17-10-4-3-5-11-17/h3-5,10-11,16,18,20H,2,6-9,12-15H2,1H3. The van der Waals surface area contributed by atoms with E-state index in [0.717, 1.165) is 5.92 Å². The molecule has 1 N–H and O–H groups in total. The smallest absolute Gasteiger partial charge is 0.0167 e. The van der Waals surface area contributed by atoms with E-state index in [4.69, 9.17) is 0 Å². The molecule has 1 nitrogen and oxygen atoms in total. The van der Waals surface area contributed by atoms with Gasteiger partial charge in [-0.05, 0) is 43.7 Å². The average Bonchev–Trinajstić information content (AvgIpc) is 3.15. The first-order valence-electron chi connectivity index (χ1n) is 8.64. The first-order valence-corrected chi connectivity index (χ1v) is 8.64.